The molecule has 0 aliphatic carbocycles. The van der Waals surface area contributed by atoms with E-state index in [1.165, 1.54) is 27.8 Å². The Morgan fingerprint density at radius 1 is 0.649 bits per heavy atom. The van der Waals surface area contributed by atoms with Gasteiger partial charge in [0, 0.05) is 25.0 Å². The van der Waals surface area contributed by atoms with Gasteiger partial charge in [0.2, 0.25) is 0 Å². The number of nitrogens with zero attached hydrogens (tertiary/aromatic N) is 3. The van der Waals surface area contributed by atoms with Crippen molar-refractivity contribution in [2.75, 3.05) is 0 Å². The Balaban J connectivity index is 0.000000271. The summed E-state index contributed by atoms with van der Waals surface area (Å²) in [5.74, 6) is 1.98. The van der Waals surface area contributed by atoms with Gasteiger partial charge in [-0.2, -0.15) is 0 Å². The summed E-state index contributed by atoms with van der Waals surface area (Å²) < 4.78 is 0. The Labute approximate surface area is 233 Å². The monoisotopic (exact) mass is 538 g/mol. The molecule has 0 saturated carbocycles. The van der Waals surface area contributed by atoms with Crippen LogP contribution < -0.4 is 0 Å². The molecule has 3 nitrogen and oxygen atoms in total. The number of hydrogen-bond donors (Lipinski definition) is 0. The van der Waals surface area contributed by atoms with Gasteiger partial charge < -0.3 is 0 Å². The van der Waals surface area contributed by atoms with Crippen LogP contribution in [-0.4, -0.2) is 17.4 Å². The fourth-order valence-electron chi connectivity index (χ4n) is 4.21. The Hall–Kier alpha value is -2.55. The van der Waals surface area contributed by atoms with Crippen LogP contribution in [0.4, 0.5) is 11.4 Å². The summed E-state index contributed by atoms with van der Waals surface area (Å²) in [4.78, 5) is 13.5. The van der Waals surface area contributed by atoms with E-state index in [1.807, 2.05) is 24.7 Å². The minimum atomic E-state index is 0.481. The average molecular weight is 539 g/mol. The first kappa shape index (κ1) is 30.7. The van der Waals surface area contributed by atoms with Crippen LogP contribution in [0, 0.1) is 0 Å². The van der Waals surface area contributed by atoms with Crippen LogP contribution in [0.3, 0.4) is 0 Å². The summed E-state index contributed by atoms with van der Waals surface area (Å²) in [5.41, 5.74) is 8.79. The van der Waals surface area contributed by atoms with Crippen LogP contribution in [0.2, 0.25) is 5.32 Å². The molecular weight excluding hydrogens is 494 g/mol. The van der Waals surface area contributed by atoms with Gasteiger partial charge in [-0.15, -0.1) is 0 Å². The van der Waals surface area contributed by atoms with E-state index in [9.17, 15) is 0 Å². The molecule has 3 rings (SSSR count). The molecule has 4 heteroatoms. The van der Waals surface area contributed by atoms with Crippen molar-refractivity contribution in [3.05, 3.63) is 88.7 Å². The zero-order chi connectivity index (χ0) is 27.4. The molecule has 1 aromatic heterocycles. The number of aliphatic imine (C=N–C) groups is 2. The fourth-order valence-corrected chi connectivity index (χ4v) is 4.31. The Morgan fingerprint density at radius 3 is 1.43 bits per heavy atom. The van der Waals surface area contributed by atoms with Crippen LogP contribution in [0.15, 0.2) is 70.9 Å². The third kappa shape index (κ3) is 9.36. The Kier molecular flexibility index (Phi) is 13.0. The van der Waals surface area contributed by atoms with Gasteiger partial charge in [0.25, 0.3) is 0 Å². The first-order chi connectivity index (χ1) is 17.7. The zero-order valence-electron chi connectivity index (χ0n) is 23.8. The second-order valence-corrected chi connectivity index (χ2v) is 11.0. The van der Waals surface area contributed by atoms with E-state index in [1.54, 1.807) is 6.20 Å². The molecule has 1 heterocycles. The number of pyridine rings is 1. The first-order valence-corrected chi connectivity index (χ1v) is 14.2. The minimum absolute atomic E-state index is 0.481. The van der Waals surface area contributed by atoms with Crippen LogP contribution in [0.25, 0.3) is 0 Å². The van der Waals surface area contributed by atoms with E-state index in [4.69, 9.17) is 4.99 Å². The van der Waals surface area contributed by atoms with E-state index in [-0.39, 0.29) is 0 Å². The quantitative estimate of drug-likeness (QED) is 0.197. The normalized spacial score (nSPS) is 11.8. The topological polar surface area (TPSA) is 37.6 Å². The van der Waals surface area contributed by atoms with Gasteiger partial charge >= 0.3 is 107 Å². The summed E-state index contributed by atoms with van der Waals surface area (Å²) in [6.07, 6.45) is 8.41. The molecule has 0 unspecified atom stereocenters. The average Bonchev–Trinajstić information content (AvgIpc) is 2.87. The molecule has 0 bridgehead atoms. The molecule has 0 fully saturated rings. The fraction of sp³-hybridized carbons (Fsp3) is 0.424. The number of rotatable bonds is 9. The van der Waals surface area contributed by atoms with Crippen molar-refractivity contribution in [3.8, 4) is 0 Å². The maximum absolute atomic E-state index is 4.79. The molecule has 0 atom stereocenters. The molecule has 0 radical (unpaired) electrons. The molecular formula is C33H44FeN3. The van der Waals surface area contributed by atoms with Gasteiger partial charge in [-0.3, -0.25) is 9.98 Å². The molecule has 199 valence electrons. The summed E-state index contributed by atoms with van der Waals surface area (Å²) in [6, 6.07) is 17.0. The number of aromatic nitrogens is 1. The van der Waals surface area contributed by atoms with Gasteiger partial charge in [-0.25, -0.2) is 0 Å². The first-order valence-electron chi connectivity index (χ1n) is 13.4. The number of para-hydroxylation sites is 2. The summed E-state index contributed by atoms with van der Waals surface area (Å²) in [7, 11) is 0. The second kappa shape index (κ2) is 15.6. The molecule has 0 spiro atoms. The number of hydrogen-bond acceptors (Lipinski definition) is 3. The molecule has 0 saturated heterocycles. The molecule has 37 heavy (non-hydrogen) atoms. The predicted molar refractivity (Wildman–Crippen MR) is 158 cm³/mol. The van der Waals surface area contributed by atoms with Gasteiger partial charge in [-0.1, -0.05) is 52.0 Å². The molecule has 0 amide bonds. The molecule has 0 aliphatic heterocycles. The Morgan fingerprint density at radius 2 is 1.08 bits per heavy atom. The van der Waals surface area contributed by atoms with Gasteiger partial charge in [0.15, 0.2) is 0 Å². The van der Waals surface area contributed by atoms with Crippen molar-refractivity contribution < 1.29 is 16.0 Å². The number of benzene rings is 2. The van der Waals surface area contributed by atoms with Gasteiger partial charge in [-0.05, 0) is 34.6 Å². The third-order valence-electron chi connectivity index (χ3n) is 6.24. The van der Waals surface area contributed by atoms with Gasteiger partial charge in [0.05, 0.1) is 5.69 Å². The van der Waals surface area contributed by atoms with Crippen molar-refractivity contribution in [3.63, 3.8) is 0 Å². The van der Waals surface area contributed by atoms with Crippen molar-refractivity contribution in [2.24, 2.45) is 9.98 Å². The predicted octanol–water partition coefficient (Wildman–Crippen LogP) is 9.87. The van der Waals surface area contributed by atoms with Crippen LogP contribution >= 0.6 is 0 Å². The van der Waals surface area contributed by atoms with E-state index in [2.05, 4.69) is 124 Å². The Bertz CT molecular complexity index is 1090. The maximum atomic E-state index is 4.79. The SMILES string of the molecule is CC(C)c1cccc(C(C)C)c1N=CCc1cccnc1.CC(C)c1cccc(C(C)C)c1N=C[CH2][Fe]. The van der Waals surface area contributed by atoms with Crippen molar-refractivity contribution in [1.82, 2.24) is 4.98 Å². The van der Waals surface area contributed by atoms with Crippen molar-refractivity contribution in [2.45, 2.75) is 90.8 Å². The standard InChI is InChI=1S/C19H24N2.C14H20N.Fe/c1-14(2)17-8-5-9-18(15(3)4)19(17)21-12-10-16-7-6-11-20-13-16;1-6-15-14-12(10(2)3)8-7-9-13(14)11(4)5;/h5-9,11-15H,10H2,1-4H3;6-11H,1H2,2-5H3;. The van der Waals surface area contributed by atoms with E-state index in [0.29, 0.717) is 23.7 Å². The van der Waals surface area contributed by atoms with Crippen molar-refractivity contribution in [1.29, 1.82) is 0 Å². The summed E-state index contributed by atoms with van der Waals surface area (Å²) in [6.45, 7) is 17.7. The molecule has 3 aromatic rings. The van der Waals surface area contributed by atoms with Crippen molar-refractivity contribution >= 4 is 23.8 Å². The van der Waals surface area contributed by atoms with E-state index < -0.39 is 0 Å². The molecule has 2 aromatic carbocycles. The summed E-state index contributed by atoms with van der Waals surface area (Å²) >= 11 is 3.80. The van der Waals surface area contributed by atoms with Gasteiger partial charge in [0.1, 0.15) is 0 Å². The second-order valence-electron chi connectivity index (χ2n) is 10.5. The van der Waals surface area contributed by atoms with E-state index in [0.717, 1.165) is 23.1 Å². The third-order valence-corrected chi connectivity index (χ3v) is 6.44. The molecule has 0 aliphatic rings. The van der Waals surface area contributed by atoms with Crippen LogP contribution in [0.1, 0.15) is 107 Å². The van der Waals surface area contributed by atoms with E-state index >= 15 is 0 Å². The van der Waals surface area contributed by atoms with Crippen LogP contribution in [0.5, 0.6) is 0 Å². The molecule has 0 N–H and O–H groups in total. The summed E-state index contributed by atoms with van der Waals surface area (Å²) in [5, 5.41) is 0.740. The zero-order valence-corrected chi connectivity index (χ0v) is 25.0. The van der Waals surface area contributed by atoms with Crippen LogP contribution in [-0.2, 0) is 22.4 Å².